The van der Waals surface area contributed by atoms with Crippen molar-refractivity contribution < 1.29 is 9.90 Å². The summed E-state index contributed by atoms with van der Waals surface area (Å²) in [5.41, 5.74) is 1.40. The number of anilines is 1. The molecule has 4 rings (SSSR count). The minimum atomic E-state index is -0.0791. The number of likely N-dealkylation sites (N-methyl/N-ethyl adjacent to an activating group) is 1. The van der Waals surface area contributed by atoms with Crippen LogP contribution in [0.2, 0.25) is 0 Å². The molecule has 1 atom stereocenters. The van der Waals surface area contributed by atoms with Crippen molar-refractivity contribution in [3.8, 4) is 0 Å². The minimum Gasteiger partial charge on any atom is -0.392 e. The molecule has 0 radical (unpaired) electrons. The van der Waals surface area contributed by atoms with Crippen molar-refractivity contribution in [2.75, 3.05) is 37.3 Å². The first kappa shape index (κ1) is 17.6. The van der Waals surface area contributed by atoms with Gasteiger partial charge in [0, 0.05) is 32.1 Å². The Morgan fingerprint density at radius 3 is 3.00 bits per heavy atom. The van der Waals surface area contributed by atoms with Crippen molar-refractivity contribution in [3.63, 3.8) is 0 Å². The molecule has 0 bridgehead atoms. The summed E-state index contributed by atoms with van der Waals surface area (Å²) in [4.78, 5) is 29.8. The number of amides is 1. The van der Waals surface area contributed by atoms with Gasteiger partial charge in [0.05, 0.1) is 17.3 Å². The van der Waals surface area contributed by atoms with Gasteiger partial charge in [-0.05, 0) is 13.0 Å². The number of hydrogen-bond acceptors (Lipinski definition) is 8. The molecule has 0 aromatic carbocycles. The smallest absolute Gasteiger partial charge is 0.258 e. The van der Waals surface area contributed by atoms with Crippen molar-refractivity contribution in [3.05, 3.63) is 23.8 Å². The summed E-state index contributed by atoms with van der Waals surface area (Å²) < 4.78 is 0. The zero-order chi connectivity index (χ0) is 17.6. The Hall–Kier alpha value is -2.17. The molecule has 0 spiro atoms. The van der Waals surface area contributed by atoms with Crippen LogP contribution in [0.15, 0.2) is 23.8 Å². The van der Waals surface area contributed by atoms with Crippen LogP contribution >= 0.6 is 11.8 Å². The number of β-amino-alcohol motifs (C(OH)–C–C–N with tert-alkyl or cyclic N) is 1. The molecule has 0 saturated carbocycles. The number of fused-ring (bicyclic) bond motifs is 1. The maximum atomic E-state index is 11.7. The highest BCUT2D eigenvalue weighted by Crippen LogP contribution is 2.27. The molecule has 2 aliphatic rings. The Kier molecular flexibility index (Phi) is 5.84. The number of carbonyl (C=O) groups is 1. The highest BCUT2D eigenvalue weighted by Gasteiger charge is 2.20. The molecule has 1 unspecified atom stereocenters. The predicted octanol–water partition coefficient (Wildman–Crippen LogP) is -0.166. The van der Waals surface area contributed by atoms with E-state index in [1.807, 2.05) is 11.1 Å². The highest BCUT2D eigenvalue weighted by molar-refractivity contribution is 8.04. The van der Waals surface area contributed by atoms with Gasteiger partial charge in [-0.15, -0.1) is 11.8 Å². The van der Waals surface area contributed by atoms with Crippen LogP contribution in [0.1, 0.15) is 6.42 Å². The van der Waals surface area contributed by atoms with Gasteiger partial charge in [0.1, 0.15) is 11.8 Å². The standard InChI is InChI=1S/C11H12N6OS.C4H9NO/c1-12-11(18)7-4-17(2-3-19-7)10-8-9(14-5-13-8)15-6-16-10;6-4-1-2-5-3-4/h4-6H,2-3H2,1H3,(H,12,18)(H,13,14,15,16);4-6H,1-3H2. The zero-order valence-corrected chi connectivity index (χ0v) is 14.7. The summed E-state index contributed by atoms with van der Waals surface area (Å²) in [6.45, 7) is 2.57. The number of aromatic amines is 1. The van der Waals surface area contributed by atoms with Crippen LogP contribution in [-0.4, -0.2) is 69.5 Å². The van der Waals surface area contributed by atoms with Crippen LogP contribution < -0.4 is 15.5 Å². The van der Waals surface area contributed by atoms with Gasteiger partial charge < -0.3 is 25.6 Å². The lowest BCUT2D eigenvalue weighted by Gasteiger charge is -2.24. The number of aromatic nitrogens is 4. The molecule has 1 fully saturated rings. The van der Waals surface area contributed by atoms with Crippen molar-refractivity contribution in [1.29, 1.82) is 0 Å². The fourth-order valence-electron chi connectivity index (χ4n) is 2.52. The Labute approximate surface area is 149 Å². The van der Waals surface area contributed by atoms with Crippen LogP contribution in [0.5, 0.6) is 0 Å². The molecule has 1 saturated heterocycles. The molecule has 2 aromatic heterocycles. The molecule has 25 heavy (non-hydrogen) atoms. The number of carbonyl (C=O) groups excluding carboxylic acids is 1. The summed E-state index contributed by atoms with van der Waals surface area (Å²) in [5, 5.41) is 14.3. The molecule has 2 aromatic rings. The summed E-state index contributed by atoms with van der Waals surface area (Å²) in [5.74, 6) is 1.49. The van der Waals surface area contributed by atoms with Crippen LogP contribution in [0.25, 0.3) is 11.2 Å². The fourth-order valence-corrected chi connectivity index (χ4v) is 3.46. The van der Waals surface area contributed by atoms with Gasteiger partial charge in [-0.2, -0.15) is 0 Å². The number of rotatable bonds is 2. The number of aliphatic hydroxyl groups is 1. The van der Waals surface area contributed by atoms with Gasteiger partial charge in [-0.3, -0.25) is 4.79 Å². The van der Waals surface area contributed by atoms with Gasteiger partial charge in [0.25, 0.3) is 5.91 Å². The SMILES string of the molecule is CNC(=O)C1=CN(c2ncnc3nc[nH]c23)CCS1.OC1CCNC1. The number of nitrogens with zero attached hydrogens (tertiary/aromatic N) is 4. The van der Waals surface area contributed by atoms with Gasteiger partial charge in [0.2, 0.25) is 0 Å². The van der Waals surface area contributed by atoms with E-state index in [0.29, 0.717) is 10.6 Å². The van der Waals surface area contributed by atoms with Crippen molar-refractivity contribution in [1.82, 2.24) is 30.6 Å². The summed E-state index contributed by atoms with van der Waals surface area (Å²) in [7, 11) is 1.63. The van der Waals surface area contributed by atoms with Crippen molar-refractivity contribution in [2.24, 2.45) is 0 Å². The Balaban J connectivity index is 0.000000258. The number of H-pyrrole nitrogens is 1. The number of imidazole rings is 1. The third-order valence-corrected chi connectivity index (χ3v) is 4.81. The Bertz CT molecular complexity index is 757. The third kappa shape index (κ3) is 4.27. The molecule has 2 aliphatic heterocycles. The highest BCUT2D eigenvalue weighted by atomic mass is 32.2. The summed E-state index contributed by atoms with van der Waals surface area (Å²) in [6, 6.07) is 0. The molecule has 4 heterocycles. The summed E-state index contributed by atoms with van der Waals surface area (Å²) >= 11 is 1.54. The number of aliphatic hydroxyl groups excluding tert-OH is 1. The van der Waals surface area contributed by atoms with E-state index < -0.39 is 0 Å². The number of hydrogen-bond donors (Lipinski definition) is 4. The van der Waals surface area contributed by atoms with Gasteiger partial charge in [-0.25, -0.2) is 15.0 Å². The van der Waals surface area contributed by atoms with Crippen molar-refractivity contribution in [2.45, 2.75) is 12.5 Å². The lowest BCUT2D eigenvalue weighted by Crippen LogP contribution is -2.29. The number of thioether (sulfide) groups is 1. The molecule has 0 aliphatic carbocycles. The Morgan fingerprint density at radius 1 is 1.44 bits per heavy atom. The Morgan fingerprint density at radius 2 is 2.32 bits per heavy atom. The number of nitrogens with one attached hydrogen (secondary N) is 3. The molecular formula is C15H21N7O2S. The van der Waals surface area contributed by atoms with E-state index in [2.05, 4.69) is 30.6 Å². The van der Waals surface area contributed by atoms with E-state index in [1.54, 1.807) is 13.4 Å². The van der Waals surface area contributed by atoms with E-state index >= 15 is 0 Å². The first-order valence-corrected chi connectivity index (χ1v) is 9.04. The normalized spacial score (nSPS) is 20.0. The van der Waals surface area contributed by atoms with Gasteiger partial charge in [0.15, 0.2) is 11.5 Å². The minimum absolute atomic E-state index is 0.0648. The second-order valence-corrected chi connectivity index (χ2v) is 6.70. The van der Waals surface area contributed by atoms with Crippen LogP contribution in [0, 0.1) is 0 Å². The van der Waals surface area contributed by atoms with Gasteiger partial charge >= 0.3 is 0 Å². The van der Waals surface area contributed by atoms with E-state index in [0.717, 1.165) is 43.1 Å². The monoisotopic (exact) mass is 363 g/mol. The van der Waals surface area contributed by atoms with Crippen LogP contribution in [-0.2, 0) is 4.79 Å². The second kappa shape index (κ2) is 8.28. The molecule has 10 heteroatoms. The lowest BCUT2D eigenvalue weighted by molar-refractivity contribution is -0.116. The predicted molar refractivity (Wildman–Crippen MR) is 97.1 cm³/mol. The third-order valence-electron chi connectivity index (χ3n) is 3.82. The molecule has 1 amide bonds. The lowest BCUT2D eigenvalue weighted by atomic mass is 10.3. The topological polar surface area (TPSA) is 119 Å². The first-order valence-electron chi connectivity index (χ1n) is 8.05. The summed E-state index contributed by atoms with van der Waals surface area (Å²) in [6.07, 6.45) is 5.75. The average Bonchev–Trinajstić information content (AvgIpc) is 3.32. The maximum absolute atomic E-state index is 11.7. The van der Waals surface area contributed by atoms with Crippen LogP contribution in [0.4, 0.5) is 5.82 Å². The van der Waals surface area contributed by atoms with Crippen LogP contribution in [0.3, 0.4) is 0 Å². The molecule has 134 valence electrons. The zero-order valence-electron chi connectivity index (χ0n) is 13.9. The quantitative estimate of drug-likeness (QED) is 0.581. The first-order chi connectivity index (χ1) is 12.2. The van der Waals surface area contributed by atoms with E-state index in [1.165, 1.54) is 18.1 Å². The molecular weight excluding hydrogens is 342 g/mol. The molecule has 4 N–H and O–H groups in total. The average molecular weight is 363 g/mol. The fraction of sp³-hybridized carbons (Fsp3) is 0.467. The van der Waals surface area contributed by atoms with Crippen molar-refractivity contribution >= 4 is 34.7 Å². The largest absolute Gasteiger partial charge is 0.392 e. The van der Waals surface area contributed by atoms with E-state index in [-0.39, 0.29) is 12.0 Å². The van der Waals surface area contributed by atoms with E-state index in [9.17, 15) is 4.79 Å². The van der Waals surface area contributed by atoms with Gasteiger partial charge in [-0.1, -0.05) is 0 Å². The second-order valence-electron chi connectivity index (χ2n) is 5.56. The maximum Gasteiger partial charge on any atom is 0.258 e. The van der Waals surface area contributed by atoms with E-state index in [4.69, 9.17) is 5.11 Å². The molecule has 9 nitrogen and oxygen atoms in total.